The maximum absolute atomic E-state index is 12.0. The van der Waals surface area contributed by atoms with Crippen LogP contribution in [0.15, 0.2) is 84.2 Å². The Morgan fingerprint density at radius 3 is 2.10 bits per heavy atom. The van der Waals surface area contributed by atoms with E-state index in [4.69, 9.17) is 10.7 Å². The standard InChI is InChI=1S/C25H22N3OS/c1-25(2,26)24(29)27-21-14-12-19(13-15-21)22-16-30-23(28-22)20-10-8-18(9-11-20)17-6-4-3-5-7-17/h3-16H,1,26H2,2H3,(H,27,29)/t25-/m0/s1. The van der Waals surface area contributed by atoms with Gasteiger partial charge >= 0.3 is 0 Å². The zero-order valence-electron chi connectivity index (χ0n) is 16.6. The van der Waals surface area contributed by atoms with Crippen molar-refractivity contribution in [2.75, 3.05) is 5.32 Å². The number of thiazole rings is 1. The first-order valence-corrected chi connectivity index (χ1v) is 10.5. The molecule has 0 unspecified atom stereocenters. The number of aromatic nitrogens is 1. The van der Waals surface area contributed by atoms with E-state index in [9.17, 15) is 4.79 Å². The molecule has 3 N–H and O–H groups in total. The van der Waals surface area contributed by atoms with Crippen molar-refractivity contribution >= 4 is 22.9 Å². The molecule has 4 nitrogen and oxygen atoms in total. The zero-order chi connectivity index (χ0) is 21.1. The first kappa shape index (κ1) is 20.0. The second-order valence-corrected chi connectivity index (χ2v) is 8.29. The van der Waals surface area contributed by atoms with E-state index in [0.717, 1.165) is 21.8 Å². The SMILES string of the molecule is [CH2][C@@](C)(N)C(=O)Nc1ccc(-c2csc(-c3ccc(-c4ccccc4)cc3)n2)cc1. The Bertz CT molecular complexity index is 1140. The number of rotatable bonds is 5. The van der Waals surface area contributed by atoms with E-state index in [1.807, 2.05) is 47.8 Å². The van der Waals surface area contributed by atoms with Crippen molar-refractivity contribution in [3.8, 4) is 33.0 Å². The van der Waals surface area contributed by atoms with Crippen molar-refractivity contribution in [3.05, 3.63) is 91.2 Å². The van der Waals surface area contributed by atoms with E-state index >= 15 is 0 Å². The predicted molar refractivity (Wildman–Crippen MR) is 125 cm³/mol. The van der Waals surface area contributed by atoms with E-state index < -0.39 is 5.54 Å². The largest absolute Gasteiger partial charge is 0.325 e. The quantitative estimate of drug-likeness (QED) is 0.446. The first-order valence-electron chi connectivity index (χ1n) is 9.58. The maximum Gasteiger partial charge on any atom is 0.244 e. The minimum Gasteiger partial charge on any atom is -0.325 e. The molecule has 1 heterocycles. The van der Waals surface area contributed by atoms with Crippen LogP contribution in [0.2, 0.25) is 0 Å². The van der Waals surface area contributed by atoms with Gasteiger partial charge < -0.3 is 11.1 Å². The van der Waals surface area contributed by atoms with Crippen LogP contribution in [0.3, 0.4) is 0 Å². The summed E-state index contributed by atoms with van der Waals surface area (Å²) in [6, 6.07) is 26.3. The molecule has 1 aromatic heterocycles. The fourth-order valence-electron chi connectivity index (χ4n) is 2.97. The predicted octanol–water partition coefficient (Wildman–Crippen LogP) is 5.63. The monoisotopic (exact) mass is 412 g/mol. The van der Waals surface area contributed by atoms with Gasteiger partial charge in [0.05, 0.1) is 11.2 Å². The Kier molecular flexibility index (Phi) is 5.48. The minimum atomic E-state index is -1.17. The third kappa shape index (κ3) is 4.48. The molecule has 5 heteroatoms. The van der Waals surface area contributed by atoms with Crippen LogP contribution in [0.1, 0.15) is 6.92 Å². The summed E-state index contributed by atoms with van der Waals surface area (Å²) in [6.45, 7) is 5.21. The lowest BCUT2D eigenvalue weighted by Gasteiger charge is -2.17. The van der Waals surface area contributed by atoms with Gasteiger partial charge in [-0.05, 0) is 37.1 Å². The van der Waals surface area contributed by atoms with Crippen molar-refractivity contribution in [2.24, 2.45) is 5.73 Å². The number of nitrogens with two attached hydrogens (primary N) is 1. The van der Waals surface area contributed by atoms with Gasteiger partial charge in [-0.15, -0.1) is 11.3 Å². The molecule has 149 valence electrons. The highest BCUT2D eigenvalue weighted by Gasteiger charge is 2.21. The van der Waals surface area contributed by atoms with Crippen LogP contribution in [-0.2, 0) is 4.79 Å². The summed E-state index contributed by atoms with van der Waals surface area (Å²) in [7, 11) is 0. The highest BCUT2D eigenvalue weighted by molar-refractivity contribution is 7.13. The molecule has 0 spiro atoms. The summed E-state index contributed by atoms with van der Waals surface area (Å²) in [5.41, 5.74) is 10.6. The number of nitrogens with one attached hydrogen (secondary N) is 1. The number of hydrogen-bond donors (Lipinski definition) is 2. The number of benzene rings is 3. The van der Waals surface area contributed by atoms with Crippen molar-refractivity contribution in [1.82, 2.24) is 4.98 Å². The second-order valence-electron chi connectivity index (χ2n) is 7.43. The molecule has 0 saturated carbocycles. The van der Waals surface area contributed by atoms with Gasteiger partial charge in [0, 0.05) is 22.2 Å². The van der Waals surface area contributed by atoms with Crippen molar-refractivity contribution < 1.29 is 4.79 Å². The number of hydrogen-bond acceptors (Lipinski definition) is 4. The Morgan fingerprint density at radius 2 is 1.47 bits per heavy atom. The van der Waals surface area contributed by atoms with Gasteiger partial charge in [0.1, 0.15) is 5.01 Å². The number of carbonyl (C=O) groups excluding carboxylic acids is 1. The topological polar surface area (TPSA) is 68.0 Å². The molecule has 4 rings (SSSR count). The first-order chi connectivity index (χ1) is 14.4. The molecule has 1 amide bonds. The summed E-state index contributed by atoms with van der Waals surface area (Å²) >= 11 is 1.61. The molecule has 0 aliphatic heterocycles. The maximum atomic E-state index is 12.0. The number of anilines is 1. The van der Waals surface area contributed by atoms with Gasteiger partial charge in [-0.1, -0.05) is 66.7 Å². The van der Waals surface area contributed by atoms with Crippen LogP contribution in [0.5, 0.6) is 0 Å². The minimum absolute atomic E-state index is 0.329. The normalized spacial score (nSPS) is 11.3. The molecule has 30 heavy (non-hydrogen) atoms. The highest BCUT2D eigenvalue weighted by Crippen LogP contribution is 2.31. The average Bonchev–Trinajstić information content (AvgIpc) is 3.25. The van der Waals surface area contributed by atoms with Crippen LogP contribution in [0.25, 0.3) is 33.0 Å². The molecule has 4 aromatic rings. The molecular formula is C25H22N3OS. The van der Waals surface area contributed by atoms with Gasteiger partial charge in [-0.25, -0.2) is 4.98 Å². The van der Waals surface area contributed by atoms with Crippen molar-refractivity contribution in [1.29, 1.82) is 0 Å². The third-order valence-electron chi connectivity index (χ3n) is 4.70. The second kappa shape index (κ2) is 8.22. The molecule has 0 saturated heterocycles. The van der Waals surface area contributed by atoms with Gasteiger partial charge in [-0.3, -0.25) is 4.79 Å². The van der Waals surface area contributed by atoms with E-state index in [1.54, 1.807) is 18.3 Å². The number of carbonyl (C=O) groups is 1. The number of amides is 1. The molecule has 0 aliphatic carbocycles. The lowest BCUT2D eigenvalue weighted by atomic mass is 10.0. The molecular weight excluding hydrogens is 390 g/mol. The lowest BCUT2D eigenvalue weighted by Crippen LogP contribution is -2.45. The summed E-state index contributed by atoms with van der Waals surface area (Å²) in [5, 5.41) is 5.78. The van der Waals surface area contributed by atoms with Crippen molar-refractivity contribution in [3.63, 3.8) is 0 Å². The smallest absolute Gasteiger partial charge is 0.244 e. The van der Waals surface area contributed by atoms with E-state index in [2.05, 4.69) is 48.6 Å². The number of nitrogens with zero attached hydrogens (tertiary/aromatic N) is 1. The van der Waals surface area contributed by atoms with E-state index in [1.165, 1.54) is 11.1 Å². The van der Waals surface area contributed by atoms with Crippen LogP contribution in [0.4, 0.5) is 5.69 Å². The highest BCUT2D eigenvalue weighted by atomic mass is 32.1. The van der Waals surface area contributed by atoms with E-state index in [0.29, 0.717) is 5.69 Å². The van der Waals surface area contributed by atoms with Gasteiger partial charge in [-0.2, -0.15) is 0 Å². The summed E-state index contributed by atoms with van der Waals surface area (Å²) in [4.78, 5) is 16.7. The van der Waals surface area contributed by atoms with Crippen LogP contribution in [-0.4, -0.2) is 16.4 Å². The van der Waals surface area contributed by atoms with Gasteiger partial charge in [0.2, 0.25) is 5.91 Å². The van der Waals surface area contributed by atoms with E-state index in [-0.39, 0.29) is 5.91 Å². The Balaban J connectivity index is 1.49. The molecule has 1 radical (unpaired) electrons. The summed E-state index contributed by atoms with van der Waals surface area (Å²) in [6.07, 6.45) is 0. The van der Waals surface area contributed by atoms with Crippen LogP contribution < -0.4 is 11.1 Å². The third-order valence-corrected chi connectivity index (χ3v) is 5.59. The summed E-state index contributed by atoms with van der Waals surface area (Å²) in [5.74, 6) is -0.329. The molecule has 0 fully saturated rings. The van der Waals surface area contributed by atoms with Crippen molar-refractivity contribution in [2.45, 2.75) is 12.5 Å². The molecule has 0 bridgehead atoms. The summed E-state index contributed by atoms with van der Waals surface area (Å²) < 4.78 is 0. The Morgan fingerprint density at radius 1 is 0.900 bits per heavy atom. The fourth-order valence-corrected chi connectivity index (χ4v) is 3.81. The zero-order valence-corrected chi connectivity index (χ0v) is 17.4. The molecule has 1 atom stereocenters. The van der Waals surface area contributed by atoms with Gasteiger partial charge in [0.15, 0.2) is 0 Å². The lowest BCUT2D eigenvalue weighted by molar-refractivity contribution is -0.119. The Labute approximate surface area is 180 Å². The van der Waals surface area contributed by atoms with Crippen LogP contribution >= 0.6 is 11.3 Å². The van der Waals surface area contributed by atoms with Crippen LogP contribution in [0, 0.1) is 6.92 Å². The molecule has 3 aromatic carbocycles. The average molecular weight is 413 g/mol. The molecule has 0 aliphatic rings. The fraction of sp³-hybridized carbons (Fsp3) is 0.0800. The Hall–Kier alpha value is -3.28. The van der Waals surface area contributed by atoms with Gasteiger partial charge in [0.25, 0.3) is 0 Å².